The van der Waals surface area contributed by atoms with Gasteiger partial charge in [0, 0.05) is 18.7 Å². The van der Waals surface area contributed by atoms with E-state index in [0.29, 0.717) is 17.0 Å². The highest BCUT2D eigenvalue weighted by Crippen LogP contribution is 2.17. The number of hydrogen-bond donors (Lipinski definition) is 0. The van der Waals surface area contributed by atoms with Crippen LogP contribution in [0.4, 0.5) is 17.6 Å². The van der Waals surface area contributed by atoms with Gasteiger partial charge in [-0.2, -0.15) is 13.2 Å². The summed E-state index contributed by atoms with van der Waals surface area (Å²) in [5.41, 5.74) is 1.26. The first-order valence-corrected chi connectivity index (χ1v) is 7.49. The average molecular weight is 387 g/mol. The summed E-state index contributed by atoms with van der Waals surface area (Å²) >= 11 is 0. The molecular weight excluding hydrogens is 374 g/mol. The van der Waals surface area contributed by atoms with Gasteiger partial charge in [-0.25, -0.2) is 9.18 Å². The van der Waals surface area contributed by atoms with Gasteiger partial charge in [0.05, 0.1) is 6.54 Å². The van der Waals surface area contributed by atoms with Crippen molar-refractivity contribution in [3.63, 3.8) is 0 Å². The Morgan fingerprint density at radius 3 is 2.26 bits per heavy atom. The van der Waals surface area contributed by atoms with Crippen molar-refractivity contribution < 1.29 is 31.9 Å². The van der Waals surface area contributed by atoms with Crippen LogP contribution in [0.1, 0.15) is 5.56 Å². The molecule has 0 bridgehead atoms. The van der Waals surface area contributed by atoms with Crippen molar-refractivity contribution in [1.82, 2.24) is 25.3 Å². The Morgan fingerprint density at radius 2 is 1.70 bits per heavy atom. The second-order valence-corrected chi connectivity index (χ2v) is 5.23. The molecule has 144 valence electrons. The number of esters is 2. The third kappa shape index (κ3) is 6.33. The minimum Gasteiger partial charge on any atom is -0.385 e. The Balaban J connectivity index is 1.99. The Hall–Kier alpha value is -3.02. The molecule has 12 heteroatoms. The first kappa shape index (κ1) is 20.3. The zero-order chi connectivity index (χ0) is 19.9. The van der Waals surface area contributed by atoms with Crippen LogP contribution in [0.25, 0.3) is 11.4 Å². The standard InChI is InChI=1S/C15H13F4N5O3/c16-5-6-24(8-12(25)27-14(26)15(17,18)19)7-10-1-3-11(4-2-10)13-22-20-9-21-23-13/h1-4,9H,5-8H2. The van der Waals surface area contributed by atoms with Gasteiger partial charge >= 0.3 is 18.1 Å². The molecule has 0 N–H and O–H groups in total. The monoisotopic (exact) mass is 387 g/mol. The van der Waals surface area contributed by atoms with Crippen LogP contribution < -0.4 is 0 Å². The maximum atomic E-state index is 12.7. The van der Waals surface area contributed by atoms with Gasteiger partial charge in [-0.1, -0.05) is 24.3 Å². The lowest BCUT2D eigenvalue weighted by atomic mass is 10.1. The quantitative estimate of drug-likeness (QED) is 0.399. The highest BCUT2D eigenvalue weighted by atomic mass is 19.4. The molecule has 0 fully saturated rings. The van der Waals surface area contributed by atoms with E-state index in [0.717, 1.165) is 0 Å². The number of carbonyl (C=O) groups excluding carboxylic acids is 2. The molecule has 0 aliphatic carbocycles. The Labute approximate surface area is 150 Å². The van der Waals surface area contributed by atoms with E-state index in [-0.39, 0.29) is 13.1 Å². The van der Waals surface area contributed by atoms with Gasteiger partial charge in [-0.15, -0.1) is 20.4 Å². The minimum absolute atomic E-state index is 0.0473. The summed E-state index contributed by atoms with van der Waals surface area (Å²) in [5, 5.41) is 14.8. The van der Waals surface area contributed by atoms with E-state index in [2.05, 4.69) is 25.1 Å². The maximum absolute atomic E-state index is 12.7. The predicted octanol–water partition coefficient (Wildman–Crippen LogP) is 1.34. The van der Waals surface area contributed by atoms with Crippen molar-refractivity contribution in [2.75, 3.05) is 19.8 Å². The van der Waals surface area contributed by atoms with Crippen LogP contribution in [0.15, 0.2) is 30.6 Å². The molecule has 0 aliphatic rings. The summed E-state index contributed by atoms with van der Waals surface area (Å²) in [7, 11) is 0. The predicted molar refractivity (Wildman–Crippen MR) is 81.5 cm³/mol. The SMILES string of the molecule is O=C(CN(CCF)Cc1ccc(-c2nncnn2)cc1)OC(=O)C(F)(F)F. The summed E-state index contributed by atoms with van der Waals surface area (Å²) in [6, 6.07) is 6.58. The van der Waals surface area contributed by atoms with E-state index in [4.69, 9.17) is 0 Å². The Morgan fingerprint density at radius 1 is 1.07 bits per heavy atom. The van der Waals surface area contributed by atoms with E-state index in [9.17, 15) is 27.2 Å². The van der Waals surface area contributed by atoms with Gasteiger partial charge in [-0.3, -0.25) is 9.69 Å². The molecule has 2 aromatic rings. The molecule has 1 heterocycles. The van der Waals surface area contributed by atoms with Crippen molar-refractivity contribution in [3.05, 3.63) is 36.2 Å². The number of nitrogens with zero attached hydrogens (tertiary/aromatic N) is 5. The van der Waals surface area contributed by atoms with Crippen molar-refractivity contribution >= 4 is 11.9 Å². The molecule has 8 nitrogen and oxygen atoms in total. The molecule has 0 aliphatic heterocycles. The lowest BCUT2D eigenvalue weighted by molar-refractivity contribution is -0.202. The smallest absolute Gasteiger partial charge is 0.385 e. The Kier molecular flexibility index (Phi) is 6.82. The van der Waals surface area contributed by atoms with E-state index in [1.807, 2.05) is 0 Å². The molecule has 0 saturated carbocycles. The first-order chi connectivity index (χ1) is 12.8. The van der Waals surface area contributed by atoms with Gasteiger partial charge in [0.25, 0.3) is 0 Å². The average Bonchev–Trinajstić information content (AvgIpc) is 2.62. The molecule has 1 aromatic carbocycles. The molecule has 2 rings (SSSR count). The van der Waals surface area contributed by atoms with E-state index in [1.165, 1.54) is 11.2 Å². The van der Waals surface area contributed by atoms with Crippen LogP contribution in [0.3, 0.4) is 0 Å². The zero-order valence-corrected chi connectivity index (χ0v) is 13.7. The van der Waals surface area contributed by atoms with Gasteiger partial charge in [0.2, 0.25) is 5.82 Å². The molecule has 1 aromatic heterocycles. The molecule has 0 spiro atoms. The largest absolute Gasteiger partial charge is 0.491 e. The lowest BCUT2D eigenvalue weighted by Gasteiger charge is -2.20. The summed E-state index contributed by atoms with van der Waals surface area (Å²) < 4.78 is 52.7. The fourth-order valence-electron chi connectivity index (χ4n) is 2.05. The molecule has 0 atom stereocenters. The number of halogens is 4. The topological polar surface area (TPSA) is 98.2 Å². The van der Waals surface area contributed by atoms with Crippen LogP contribution in [0, 0.1) is 0 Å². The third-order valence-electron chi connectivity index (χ3n) is 3.22. The molecule has 0 radical (unpaired) electrons. The summed E-state index contributed by atoms with van der Waals surface area (Å²) in [5.74, 6) is -3.74. The normalized spacial score (nSPS) is 11.4. The van der Waals surface area contributed by atoms with Gasteiger partial charge in [0.1, 0.15) is 6.67 Å². The van der Waals surface area contributed by atoms with Crippen molar-refractivity contribution in [1.29, 1.82) is 0 Å². The fourth-order valence-corrected chi connectivity index (χ4v) is 2.05. The molecular formula is C15H13F4N5O3. The van der Waals surface area contributed by atoms with E-state index in [1.54, 1.807) is 24.3 Å². The molecule has 27 heavy (non-hydrogen) atoms. The maximum Gasteiger partial charge on any atom is 0.491 e. The van der Waals surface area contributed by atoms with E-state index >= 15 is 0 Å². The van der Waals surface area contributed by atoms with Gasteiger partial charge in [0.15, 0.2) is 6.33 Å². The number of aromatic nitrogens is 4. The zero-order valence-electron chi connectivity index (χ0n) is 13.7. The van der Waals surface area contributed by atoms with Crippen LogP contribution in [-0.4, -0.2) is 63.2 Å². The lowest BCUT2D eigenvalue weighted by Crippen LogP contribution is -2.36. The minimum atomic E-state index is -5.28. The highest BCUT2D eigenvalue weighted by molar-refractivity contribution is 5.89. The number of ether oxygens (including phenoxy) is 1. The summed E-state index contributed by atoms with van der Waals surface area (Å²) in [6.45, 7) is -1.70. The Bertz CT molecular complexity index is 771. The number of benzene rings is 1. The van der Waals surface area contributed by atoms with Crippen LogP contribution in [0.2, 0.25) is 0 Å². The third-order valence-corrected chi connectivity index (χ3v) is 3.22. The number of carbonyl (C=O) groups is 2. The molecule has 0 unspecified atom stereocenters. The van der Waals surface area contributed by atoms with Gasteiger partial charge in [-0.05, 0) is 5.56 Å². The highest BCUT2D eigenvalue weighted by Gasteiger charge is 2.42. The van der Waals surface area contributed by atoms with Crippen LogP contribution >= 0.6 is 0 Å². The second kappa shape index (κ2) is 9.07. The van der Waals surface area contributed by atoms with Crippen LogP contribution in [-0.2, 0) is 20.9 Å². The van der Waals surface area contributed by atoms with Crippen molar-refractivity contribution in [3.8, 4) is 11.4 Å². The number of alkyl halides is 4. The van der Waals surface area contributed by atoms with Crippen LogP contribution in [0.5, 0.6) is 0 Å². The van der Waals surface area contributed by atoms with E-state index < -0.39 is 31.3 Å². The van der Waals surface area contributed by atoms with Crippen molar-refractivity contribution in [2.24, 2.45) is 0 Å². The number of rotatable bonds is 7. The summed E-state index contributed by atoms with van der Waals surface area (Å²) in [4.78, 5) is 23.4. The molecule has 0 amide bonds. The van der Waals surface area contributed by atoms with Crippen molar-refractivity contribution in [2.45, 2.75) is 12.7 Å². The number of hydrogen-bond acceptors (Lipinski definition) is 8. The summed E-state index contributed by atoms with van der Waals surface area (Å²) in [6.07, 6.45) is -4.10. The second-order valence-electron chi connectivity index (χ2n) is 5.23. The first-order valence-electron chi connectivity index (χ1n) is 7.49. The fraction of sp³-hybridized carbons (Fsp3) is 0.333. The molecule has 0 saturated heterocycles. The van der Waals surface area contributed by atoms with Gasteiger partial charge < -0.3 is 4.74 Å².